The molecule has 0 saturated carbocycles. The van der Waals surface area contributed by atoms with Gasteiger partial charge in [-0.15, -0.1) is 0 Å². The van der Waals surface area contributed by atoms with Crippen LogP contribution in [-0.4, -0.2) is 49.5 Å². The number of hydrogen-bond donors (Lipinski definition) is 2. The van der Waals surface area contributed by atoms with Gasteiger partial charge in [-0.3, -0.25) is 9.59 Å². The van der Waals surface area contributed by atoms with Gasteiger partial charge in [-0.1, -0.05) is 6.92 Å². The predicted octanol–water partition coefficient (Wildman–Crippen LogP) is 0.407. The highest BCUT2D eigenvalue weighted by Crippen LogP contribution is 2.23. The third-order valence-corrected chi connectivity index (χ3v) is 3.19. The lowest BCUT2D eigenvalue weighted by Crippen LogP contribution is -2.40. The average molecular weight is 259 g/mol. The average Bonchev–Trinajstić information content (AvgIpc) is 2.81. The lowest BCUT2D eigenvalue weighted by atomic mass is 9.98. The molecule has 3 atom stereocenters. The number of carboxylic acid groups (broad SMARTS) is 1. The van der Waals surface area contributed by atoms with Crippen molar-refractivity contribution in [2.45, 2.75) is 38.4 Å². The summed E-state index contributed by atoms with van der Waals surface area (Å²) in [7, 11) is 1.44. The first-order chi connectivity index (χ1) is 8.58. The summed E-state index contributed by atoms with van der Waals surface area (Å²) in [5.74, 6) is -1.14. The first-order valence-electron chi connectivity index (χ1n) is 6.22. The molecule has 1 rings (SSSR count). The number of ether oxygens (including phenoxy) is 2. The number of hydrogen-bond acceptors (Lipinski definition) is 4. The molecule has 0 bridgehead atoms. The van der Waals surface area contributed by atoms with E-state index in [4.69, 9.17) is 14.6 Å². The number of rotatable bonds is 7. The molecule has 18 heavy (non-hydrogen) atoms. The molecule has 0 aromatic carbocycles. The van der Waals surface area contributed by atoms with E-state index < -0.39 is 12.1 Å². The Balaban J connectivity index is 2.37. The molecule has 1 amide bonds. The number of amides is 1. The van der Waals surface area contributed by atoms with Crippen LogP contribution in [0.25, 0.3) is 0 Å². The molecule has 1 fully saturated rings. The first kappa shape index (κ1) is 14.9. The van der Waals surface area contributed by atoms with Crippen molar-refractivity contribution in [2.24, 2.45) is 5.92 Å². The standard InChI is InChI=1S/C12H21NO5/c1-3-10-9(4-5-18-10)12(16)13-7-8(17-2)6-11(14)15/h8-10H,3-7H2,1-2H3,(H,13,16)(H,14,15). The molecule has 3 unspecified atom stereocenters. The van der Waals surface area contributed by atoms with Crippen LogP contribution in [0.3, 0.4) is 0 Å². The maximum absolute atomic E-state index is 11.9. The summed E-state index contributed by atoms with van der Waals surface area (Å²) in [4.78, 5) is 22.5. The Hall–Kier alpha value is -1.14. The van der Waals surface area contributed by atoms with Crippen LogP contribution in [0.4, 0.5) is 0 Å². The van der Waals surface area contributed by atoms with E-state index in [2.05, 4.69) is 5.32 Å². The predicted molar refractivity (Wildman–Crippen MR) is 64.2 cm³/mol. The Labute approximate surface area is 107 Å². The van der Waals surface area contributed by atoms with Crippen LogP contribution in [-0.2, 0) is 19.1 Å². The third-order valence-electron chi connectivity index (χ3n) is 3.19. The summed E-state index contributed by atoms with van der Waals surface area (Å²) < 4.78 is 10.4. The van der Waals surface area contributed by atoms with Crippen molar-refractivity contribution in [1.29, 1.82) is 0 Å². The van der Waals surface area contributed by atoms with Gasteiger partial charge in [0.1, 0.15) is 0 Å². The van der Waals surface area contributed by atoms with Gasteiger partial charge in [0.05, 0.1) is 24.5 Å². The second kappa shape index (κ2) is 7.33. The molecule has 0 aromatic heterocycles. The molecule has 0 radical (unpaired) electrons. The van der Waals surface area contributed by atoms with Crippen LogP contribution in [0.15, 0.2) is 0 Å². The van der Waals surface area contributed by atoms with E-state index >= 15 is 0 Å². The summed E-state index contributed by atoms with van der Waals surface area (Å²) in [5.41, 5.74) is 0. The highest BCUT2D eigenvalue weighted by atomic mass is 16.5. The van der Waals surface area contributed by atoms with Crippen molar-refractivity contribution in [2.75, 3.05) is 20.3 Å². The van der Waals surface area contributed by atoms with Gasteiger partial charge in [0.25, 0.3) is 0 Å². The first-order valence-corrected chi connectivity index (χ1v) is 6.22. The molecular formula is C12H21NO5. The Morgan fingerprint density at radius 2 is 2.28 bits per heavy atom. The molecule has 1 heterocycles. The lowest BCUT2D eigenvalue weighted by Gasteiger charge is -2.19. The van der Waals surface area contributed by atoms with E-state index in [9.17, 15) is 9.59 Å². The highest BCUT2D eigenvalue weighted by molar-refractivity contribution is 5.79. The van der Waals surface area contributed by atoms with E-state index in [0.29, 0.717) is 6.61 Å². The molecule has 1 aliphatic heterocycles. The molecule has 6 nitrogen and oxygen atoms in total. The van der Waals surface area contributed by atoms with Crippen LogP contribution in [0, 0.1) is 5.92 Å². The van der Waals surface area contributed by atoms with Crippen molar-refractivity contribution in [3.8, 4) is 0 Å². The summed E-state index contributed by atoms with van der Waals surface area (Å²) >= 11 is 0. The molecule has 0 spiro atoms. The lowest BCUT2D eigenvalue weighted by molar-refractivity contribution is -0.140. The second-order valence-electron chi connectivity index (χ2n) is 4.41. The molecular weight excluding hydrogens is 238 g/mol. The van der Waals surface area contributed by atoms with Crippen LogP contribution < -0.4 is 5.32 Å². The molecule has 0 aromatic rings. The van der Waals surface area contributed by atoms with Gasteiger partial charge in [0, 0.05) is 20.3 Å². The van der Waals surface area contributed by atoms with Gasteiger partial charge in [-0.05, 0) is 12.8 Å². The Morgan fingerprint density at radius 3 is 2.83 bits per heavy atom. The van der Waals surface area contributed by atoms with Crippen LogP contribution in [0.1, 0.15) is 26.2 Å². The minimum atomic E-state index is -0.938. The van der Waals surface area contributed by atoms with E-state index in [1.54, 1.807) is 0 Å². The fourth-order valence-corrected chi connectivity index (χ4v) is 2.13. The zero-order chi connectivity index (χ0) is 13.5. The van der Waals surface area contributed by atoms with Gasteiger partial charge in [-0.25, -0.2) is 0 Å². The van der Waals surface area contributed by atoms with Crippen LogP contribution >= 0.6 is 0 Å². The van der Waals surface area contributed by atoms with Crippen molar-refractivity contribution >= 4 is 11.9 Å². The zero-order valence-electron chi connectivity index (χ0n) is 10.8. The highest BCUT2D eigenvalue weighted by Gasteiger charge is 2.32. The summed E-state index contributed by atoms with van der Waals surface area (Å²) in [6.45, 7) is 2.81. The summed E-state index contributed by atoms with van der Waals surface area (Å²) in [6.07, 6.45) is 0.899. The van der Waals surface area contributed by atoms with Gasteiger partial charge in [0.2, 0.25) is 5.91 Å². The van der Waals surface area contributed by atoms with Gasteiger partial charge >= 0.3 is 5.97 Å². The topological polar surface area (TPSA) is 84.9 Å². The van der Waals surface area contributed by atoms with Crippen molar-refractivity contribution < 1.29 is 24.2 Å². The van der Waals surface area contributed by atoms with E-state index in [1.165, 1.54) is 7.11 Å². The van der Waals surface area contributed by atoms with Crippen molar-refractivity contribution in [3.63, 3.8) is 0 Å². The van der Waals surface area contributed by atoms with Crippen molar-refractivity contribution in [3.05, 3.63) is 0 Å². The maximum atomic E-state index is 11.9. The maximum Gasteiger partial charge on any atom is 0.306 e. The van der Waals surface area contributed by atoms with Crippen molar-refractivity contribution in [1.82, 2.24) is 5.32 Å². The van der Waals surface area contributed by atoms with Gasteiger partial charge in [-0.2, -0.15) is 0 Å². The number of aliphatic carboxylic acids is 1. The fourth-order valence-electron chi connectivity index (χ4n) is 2.13. The zero-order valence-corrected chi connectivity index (χ0v) is 10.8. The van der Waals surface area contributed by atoms with Crippen LogP contribution in [0.2, 0.25) is 0 Å². The Morgan fingerprint density at radius 1 is 1.56 bits per heavy atom. The smallest absolute Gasteiger partial charge is 0.306 e. The summed E-state index contributed by atoms with van der Waals surface area (Å²) in [6, 6.07) is 0. The quantitative estimate of drug-likeness (QED) is 0.691. The normalized spacial score (nSPS) is 24.8. The third kappa shape index (κ3) is 4.27. The molecule has 104 valence electrons. The molecule has 1 aliphatic rings. The Bertz CT molecular complexity index is 294. The van der Waals surface area contributed by atoms with E-state index in [-0.39, 0.29) is 30.9 Å². The fraction of sp³-hybridized carbons (Fsp3) is 0.833. The van der Waals surface area contributed by atoms with E-state index in [1.807, 2.05) is 6.92 Å². The number of methoxy groups -OCH3 is 1. The number of carbonyl (C=O) groups excluding carboxylic acids is 1. The molecule has 1 saturated heterocycles. The summed E-state index contributed by atoms with van der Waals surface area (Å²) in [5, 5.41) is 11.4. The van der Waals surface area contributed by atoms with Gasteiger partial charge < -0.3 is 19.9 Å². The number of nitrogens with one attached hydrogen (secondary N) is 1. The molecule has 6 heteroatoms. The van der Waals surface area contributed by atoms with Gasteiger partial charge in [0.15, 0.2) is 0 Å². The minimum Gasteiger partial charge on any atom is -0.481 e. The van der Waals surface area contributed by atoms with E-state index in [0.717, 1.165) is 12.8 Å². The minimum absolute atomic E-state index is 0.0227. The Kier molecular flexibility index (Phi) is 6.07. The largest absolute Gasteiger partial charge is 0.481 e. The monoisotopic (exact) mass is 259 g/mol. The molecule has 2 N–H and O–H groups in total. The molecule has 0 aliphatic carbocycles. The number of carbonyl (C=O) groups is 2. The van der Waals surface area contributed by atoms with Crippen LogP contribution in [0.5, 0.6) is 0 Å². The SMILES string of the molecule is CCC1OCCC1C(=O)NCC(CC(=O)O)OC. The number of carboxylic acids is 1. The second-order valence-corrected chi connectivity index (χ2v) is 4.41.